The van der Waals surface area contributed by atoms with Gasteiger partial charge >= 0.3 is 5.97 Å². The molecule has 1 fully saturated rings. The summed E-state index contributed by atoms with van der Waals surface area (Å²) in [5, 5.41) is 8.95. The van der Waals surface area contributed by atoms with E-state index in [0.717, 1.165) is 37.3 Å². The highest BCUT2D eigenvalue weighted by Gasteiger charge is 2.23. The largest absolute Gasteiger partial charge is 0.480 e. The summed E-state index contributed by atoms with van der Waals surface area (Å²) < 4.78 is 0. The van der Waals surface area contributed by atoms with Crippen molar-refractivity contribution >= 4 is 5.97 Å². The summed E-state index contributed by atoms with van der Waals surface area (Å²) in [5.74, 6) is -0.515. The van der Waals surface area contributed by atoms with Crippen LogP contribution >= 0.6 is 0 Å². The number of nitrogens with zero attached hydrogens (tertiary/aromatic N) is 3. The van der Waals surface area contributed by atoms with E-state index in [2.05, 4.69) is 21.9 Å². The first-order chi connectivity index (χ1) is 8.97. The third-order valence-electron chi connectivity index (χ3n) is 3.57. The predicted octanol–water partition coefficient (Wildman–Crippen LogP) is 0.679. The van der Waals surface area contributed by atoms with Crippen molar-refractivity contribution in [2.75, 3.05) is 20.1 Å². The van der Waals surface area contributed by atoms with Crippen molar-refractivity contribution in [3.05, 3.63) is 23.3 Å². The van der Waals surface area contributed by atoms with Gasteiger partial charge in [0.2, 0.25) is 0 Å². The van der Waals surface area contributed by atoms with Gasteiger partial charge in [-0.05, 0) is 46.0 Å². The van der Waals surface area contributed by atoms with Crippen LogP contribution < -0.4 is 5.73 Å². The van der Waals surface area contributed by atoms with Gasteiger partial charge in [-0.15, -0.1) is 0 Å². The fourth-order valence-electron chi connectivity index (χ4n) is 2.38. The van der Waals surface area contributed by atoms with Crippen molar-refractivity contribution in [3.8, 4) is 0 Å². The quantitative estimate of drug-likeness (QED) is 0.834. The molecule has 1 aromatic heterocycles. The number of hydrogen-bond acceptors (Lipinski definition) is 5. The van der Waals surface area contributed by atoms with Crippen LogP contribution in [0.4, 0.5) is 0 Å². The molecular formula is C13H20N4O2. The van der Waals surface area contributed by atoms with Gasteiger partial charge in [-0.25, -0.2) is 9.97 Å². The van der Waals surface area contributed by atoms with E-state index >= 15 is 0 Å². The summed E-state index contributed by atoms with van der Waals surface area (Å²) >= 11 is 0. The molecule has 0 aliphatic carbocycles. The van der Waals surface area contributed by atoms with Crippen molar-refractivity contribution < 1.29 is 9.90 Å². The molecule has 6 nitrogen and oxygen atoms in total. The molecule has 0 bridgehead atoms. The van der Waals surface area contributed by atoms with Gasteiger partial charge in [0.1, 0.15) is 0 Å². The molecule has 1 unspecified atom stereocenters. The third kappa shape index (κ3) is 3.27. The van der Waals surface area contributed by atoms with Crippen molar-refractivity contribution in [3.63, 3.8) is 0 Å². The lowest BCUT2D eigenvalue weighted by Gasteiger charge is -2.28. The van der Waals surface area contributed by atoms with Gasteiger partial charge in [-0.3, -0.25) is 4.79 Å². The molecule has 19 heavy (non-hydrogen) atoms. The fourth-order valence-corrected chi connectivity index (χ4v) is 2.38. The molecule has 6 heteroatoms. The first kappa shape index (κ1) is 13.9. The lowest BCUT2D eigenvalue weighted by molar-refractivity contribution is -0.138. The lowest BCUT2D eigenvalue weighted by atomic mass is 9.93. The summed E-state index contributed by atoms with van der Waals surface area (Å²) in [4.78, 5) is 21.7. The number of aliphatic carboxylic acids is 1. The molecule has 2 rings (SSSR count). The molecule has 1 aromatic rings. The van der Waals surface area contributed by atoms with E-state index in [-0.39, 0.29) is 5.82 Å². The van der Waals surface area contributed by atoms with Crippen LogP contribution in [0.15, 0.2) is 6.07 Å². The van der Waals surface area contributed by atoms with Gasteiger partial charge in [0.05, 0.1) is 0 Å². The minimum absolute atomic E-state index is 0.210. The lowest BCUT2D eigenvalue weighted by Crippen LogP contribution is -2.30. The summed E-state index contributed by atoms with van der Waals surface area (Å²) in [6.45, 7) is 3.92. The zero-order valence-corrected chi connectivity index (χ0v) is 11.3. The van der Waals surface area contributed by atoms with Gasteiger partial charge < -0.3 is 15.7 Å². The van der Waals surface area contributed by atoms with E-state index in [1.54, 1.807) is 0 Å². The second kappa shape index (κ2) is 5.63. The Hall–Kier alpha value is -1.53. The Kier molecular flexibility index (Phi) is 4.11. The number of carbonyl (C=O) groups is 1. The van der Waals surface area contributed by atoms with Crippen molar-refractivity contribution in [2.45, 2.75) is 31.7 Å². The van der Waals surface area contributed by atoms with Crippen LogP contribution in [0.2, 0.25) is 0 Å². The topological polar surface area (TPSA) is 92.3 Å². The Morgan fingerprint density at radius 3 is 2.68 bits per heavy atom. The van der Waals surface area contributed by atoms with Crippen molar-refractivity contribution in [2.24, 2.45) is 5.73 Å². The highest BCUT2D eigenvalue weighted by molar-refractivity contribution is 5.73. The van der Waals surface area contributed by atoms with Crippen LogP contribution in [0.5, 0.6) is 0 Å². The molecule has 1 aliphatic heterocycles. The molecular weight excluding hydrogens is 244 g/mol. The van der Waals surface area contributed by atoms with E-state index in [0.29, 0.717) is 5.92 Å². The molecule has 1 saturated heterocycles. The number of carboxylic acid groups (broad SMARTS) is 1. The molecule has 0 radical (unpaired) electrons. The molecule has 3 N–H and O–H groups in total. The standard InChI is InChI=1S/C13H20N4O2/c1-8-7-10(9-3-5-17(2)6-4-9)16-12(15-8)11(14)13(18)19/h7,9,11H,3-6,14H2,1-2H3,(H,18,19). The molecule has 1 aliphatic rings. The molecule has 2 heterocycles. The summed E-state index contributed by atoms with van der Waals surface area (Å²) in [6.07, 6.45) is 2.07. The van der Waals surface area contributed by atoms with E-state index in [4.69, 9.17) is 10.8 Å². The van der Waals surface area contributed by atoms with Crippen LogP contribution in [0, 0.1) is 6.92 Å². The van der Waals surface area contributed by atoms with Crippen molar-refractivity contribution in [1.29, 1.82) is 0 Å². The van der Waals surface area contributed by atoms with Crippen LogP contribution in [-0.2, 0) is 4.79 Å². The molecule has 1 atom stereocenters. The average Bonchev–Trinajstić information content (AvgIpc) is 2.37. The second-order valence-corrected chi connectivity index (χ2v) is 5.19. The molecule has 0 aromatic carbocycles. The Balaban J connectivity index is 2.24. The predicted molar refractivity (Wildman–Crippen MR) is 70.8 cm³/mol. The third-order valence-corrected chi connectivity index (χ3v) is 3.57. The van der Waals surface area contributed by atoms with Crippen LogP contribution in [0.1, 0.15) is 42.0 Å². The van der Waals surface area contributed by atoms with Crippen LogP contribution in [0.25, 0.3) is 0 Å². The number of aryl methyl sites for hydroxylation is 1. The highest BCUT2D eigenvalue weighted by atomic mass is 16.4. The van der Waals surface area contributed by atoms with Gasteiger partial charge in [0, 0.05) is 17.3 Å². The maximum atomic E-state index is 10.9. The van der Waals surface area contributed by atoms with Gasteiger partial charge in [-0.2, -0.15) is 0 Å². The number of carboxylic acids is 1. The number of piperidine rings is 1. The van der Waals surface area contributed by atoms with Crippen LogP contribution in [0.3, 0.4) is 0 Å². The monoisotopic (exact) mass is 264 g/mol. The minimum atomic E-state index is -1.15. The number of rotatable bonds is 3. The first-order valence-electron chi connectivity index (χ1n) is 6.50. The molecule has 104 valence electrons. The normalized spacial score (nSPS) is 19.3. The smallest absolute Gasteiger partial charge is 0.328 e. The summed E-state index contributed by atoms with van der Waals surface area (Å²) in [6, 6.07) is 0.790. The van der Waals surface area contributed by atoms with E-state index in [1.807, 2.05) is 13.0 Å². The summed E-state index contributed by atoms with van der Waals surface area (Å²) in [5.41, 5.74) is 7.29. The van der Waals surface area contributed by atoms with Gasteiger partial charge in [-0.1, -0.05) is 0 Å². The maximum absolute atomic E-state index is 10.9. The number of likely N-dealkylation sites (tertiary alicyclic amines) is 1. The van der Waals surface area contributed by atoms with E-state index < -0.39 is 12.0 Å². The van der Waals surface area contributed by atoms with Gasteiger partial charge in [0.15, 0.2) is 11.9 Å². The maximum Gasteiger partial charge on any atom is 0.328 e. The Bertz CT molecular complexity index is 470. The summed E-state index contributed by atoms with van der Waals surface area (Å²) in [7, 11) is 2.10. The SMILES string of the molecule is Cc1cc(C2CCN(C)CC2)nc(C(N)C(=O)O)n1. The average molecular weight is 264 g/mol. The molecule has 0 saturated carbocycles. The highest BCUT2D eigenvalue weighted by Crippen LogP contribution is 2.26. The van der Waals surface area contributed by atoms with E-state index in [9.17, 15) is 4.79 Å². The zero-order chi connectivity index (χ0) is 14.0. The number of aromatic nitrogens is 2. The second-order valence-electron chi connectivity index (χ2n) is 5.19. The zero-order valence-electron chi connectivity index (χ0n) is 11.3. The number of nitrogens with two attached hydrogens (primary N) is 1. The Morgan fingerprint density at radius 1 is 1.47 bits per heavy atom. The van der Waals surface area contributed by atoms with Gasteiger partial charge in [0.25, 0.3) is 0 Å². The molecule has 0 spiro atoms. The first-order valence-corrected chi connectivity index (χ1v) is 6.50. The molecule has 0 amide bonds. The fraction of sp³-hybridized carbons (Fsp3) is 0.615. The Labute approximate surface area is 112 Å². The minimum Gasteiger partial charge on any atom is -0.480 e. The number of hydrogen-bond donors (Lipinski definition) is 2. The van der Waals surface area contributed by atoms with E-state index in [1.165, 1.54) is 0 Å². The Morgan fingerprint density at radius 2 is 2.11 bits per heavy atom. The van der Waals surface area contributed by atoms with Crippen molar-refractivity contribution in [1.82, 2.24) is 14.9 Å². The van der Waals surface area contributed by atoms with Crippen LogP contribution in [-0.4, -0.2) is 46.1 Å².